The number of rotatable bonds is 5. The molecule has 1 aromatic rings. The SMILES string of the molecule is CCCN(CC(=O)NC)C(=O)c1cccc2c1CCCN2.Cl. The van der Waals surface area contributed by atoms with E-state index in [1.807, 2.05) is 25.1 Å². The number of carbonyl (C=O) groups excluding carboxylic acids is 2. The van der Waals surface area contributed by atoms with Gasteiger partial charge in [-0.2, -0.15) is 0 Å². The second-order valence-corrected chi connectivity index (χ2v) is 5.26. The topological polar surface area (TPSA) is 61.4 Å². The first-order valence-corrected chi connectivity index (χ1v) is 7.53. The molecule has 5 nitrogen and oxygen atoms in total. The van der Waals surface area contributed by atoms with Crippen LogP contribution in [-0.4, -0.2) is 43.4 Å². The minimum atomic E-state index is -0.139. The monoisotopic (exact) mass is 325 g/mol. The summed E-state index contributed by atoms with van der Waals surface area (Å²) in [6, 6.07) is 5.77. The van der Waals surface area contributed by atoms with Gasteiger partial charge in [0.1, 0.15) is 0 Å². The van der Waals surface area contributed by atoms with Crippen molar-refractivity contribution in [1.29, 1.82) is 0 Å². The molecule has 1 aliphatic heterocycles. The van der Waals surface area contributed by atoms with Gasteiger partial charge < -0.3 is 15.5 Å². The number of halogens is 1. The molecule has 2 amide bonds. The fourth-order valence-electron chi connectivity index (χ4n) is 2.66. The highest BCUT2D eigenvalue weighted by molar-refractivity contribution is 5.99. The zero-order valence-corrected chi connectivity index (χ0v) is 14.0. The number of fused-ring (bicyclic) bond motifs is 1. The highest BCUT2D eigenvalue weighted by Gasteiger charge is 2.22. The molecular weight excluding hydrogens is 302 g/mol. The number of hydrogen-bond donors (Lipinski definition) is 2. The van der Waals surface area contributed by atoms with Gasteiger partial charge in [0.15, 0.2) is 0 Å². The molecule has 0 fully saturated rings. The Bertz CT molecular complexity index is 534. The molecule has 0 unspecified atom stereocenters. The van der Waals surface area contributed by atoms with Crippen LogP contribution >= 0.6 is 12.4 Å². The Balaban J connectivity index is 0.00000242. The first-order valence-electron chi connectivity index (χ1n) is 7.53. The van der Waals surface area contributed by atoms with E-state index in [1.54, 1.807) is 11.9 Å². The lowest BCUT2D eigenvalue weighted by atomic mass is 9.96. The summed E-state index contributed by atoms with van der Waals surface area (Å²) in [4.78, 5) is 26.0. The lowest BCUT2D eigenvalue weighted by Gasteiger charge is -2.25. The van der Waals surface area contributed by atoms with Crippen molar-refractivity contribution < 1.29 is 9.59 Å². The smallest absolute Gasteiger partial charge is 0.254 e. The Morgan fingerprint density at radius 3 is 2.82 bits per heavy atom. The van der Waals surface area contributed by atoms with Crippen molar-refractivity contribution in [3.8, 4) is 0 Å². The van der Waals surface area contributed by atoms with Crippen molar-refractivity contribution in [2.24, 2.45) is 0 Å². The van der Waals surface area contributed by atoms with Crippen molar-refractivity contribution in [3.63, 3.8) is 0 Å². The maximum absolute atomic E-state index is 12.8. The zero-order valence-electron chi connectivity index (χ0n) is 13.1. The maximum atomic E-state index is 12.8. The molecule has 1 aromatic carbocycles. The van der Waals surface area contributed by atoms with E-state index in [4.69, 9.17) is 0 Å². The standard InChI is InChI=1S/C16H23N3O2.ClH/c1-3-10-19(11-15(20)17-2)16(21)13-6-4-8-14-12(13)7-5-9-18-14;/h4,6,8,18H,3,5,7,9-11H2,1-2H3,(H,17,20);1H. The van der Waals surface area contributed by atoms with Crippen LogP contribution in [0.5, 0.6) is 0 Å². The summed E-state index contributed by atoms with van der Waals surface area (Å²) in [5.41, 5.74) is 2.84. The number of benzene rings is 1. The van der Waals surface area contributed by atoms with E-state index in [2.05, 4.69) is 10.6 Å². The molecule has 6 heteroatoms. The Kier molecular flexibility index (Phi) is 7.18. The van der Waals surface area contributed by atoms with Gasteiger partial charge in [0.2, 0.25) is 5.91 Å². The fraction of sp³-hybridized carbons (Fsp3) is 0.500. The first kappa shape index (κ1) is 18.3. The van der Waals surface area contributed by atoms with Gasteiger partial charge in [-0.15, -0.1) is 12.4 Å². The summed E-state index contributed by atoms with van der Waals surface area (Å²) >= 11 is 0. The van der Waals surface area contributed by atoms with Gasteiger partial charge in [0.05, 0.1) is 6.54 Å². The van der Waals surface area contributed by atoms with Crippen molar-refractivity contribution >= 4 is 29.9 Å². The minimum absolute atomic E-state index is 0. The molecular formula is C16H24ClN3O2. The van der Waals surface area contributed by atoms with Crippen LogP contribution in [0.15, 0.2) is 18.2 Å². The van der Waals surface area contributed by atoms with E-state index in [9.17, 15) is 9.59 Å². The Morgan fingerprint density at radius 2 is 2.14 bits per heavy atom. The molecule has 2 rings (SSSR count). The predicted octanol–water partition coefficient (Wildman–Crippen LogP) is 2.06. The summed E-state index contributed by atoms with van der Waals surface area (Å²) in [6.07, 6.45) is 2.76. The molecule has 0 saturated carbocycles. The average Bonchev–Trinajstić information content (AvgIpc) is 2.53. The maximum Gasteiger partial charge on any atom is 0.254 e. The van der Waals surface area contributed by atoms with Gasteiger partial charge in [0, 0.05) is 31.4 Å². The van der Waals surface area contributed by atoms with E-state index in [-0.39, 0.29) is 30.8 Å². The number of anilines is 1. The number of nitrogens with one attached hydrogen (secondary N) is 2. The predicted molar refractivity (Wildman–Crippen MR) is 90.8 cm³/mol. The summed E-state index contributed by atoms with van der Waals surface area (Å²) < 4.78 is 0. The van der Waals surface area contributed by atoms with Gasteiger partial charge in [-0.1, -0.05) is 13.0 Å². The van der Waals surface area contributed by atoms with Crippen molar-refractivity contribution in [2.45, 2.75) is 26.2 Å². The van der Waals surface area contributed by atoms with Gasteiger partial charge in [-0.25, -0.2) is 0 Å². The van der Waals surface area contributed by atoms with Crippen LogP contribution in [0.2, 0.25) is 0 Å². The molecule has 22 heavy (non-hydrogen) atoms. The number of likely N-dealkylation sites (N-methyl/N-ethyl adjacent to an activating group) is 1. The van der Waals surface area contributed by atoms with E-state index < -0.39 is 0 Å². The van der Waals surface area contributed by atoms with Gasteiger partial charge >= 0.3 is 0 Å². The highest BCUT2D eigenvalue weighted by Crippen LogP contribution is 2.26. The van der Waals surface area contributed by atoms with Crippen molar-refractivity contribution in [1.82, 2.24) is 10.2 Å². The van der Waals surface area contributed by atoms with Crippen LogP contribution in [-0.2, 0) is 11.2 Å². The summed E-state index contributed by atoms with van der Waals surface area (Å²) in [6.45, 7) is 3.65. The van der Waals surface area contributed by atoms with Gasteiger partial charge in [0.25, 0.3) is 5.91 Å². The molecule has 0 spiro atoms. The molecule has 0 aliphatic carbocycles. The minimum Gasteiger partial charge on any atom is -0.385 e. The molecule has 0 atom stereocenters. The first-order chi connectivity index (χ1) is 10.2. The van der Waals surface area contributed by atoms with Crippen LogP contribution < -0.4 is 10.6 Å². The van der Waals surface area contributed by atoms with Crippen LogP contribution in [0.25, 0.3) is 0 Å². The third-order valence-electron chi connectivity index (χ3n) is 3.72. The Labute approximate surface area is 137 Å². The largest absolute Gasteiger partial charge is 0.385 e. The number of hydrogen-bond acceptors (Lipinski definition) is 3. The van der Waals surface area contributed by atoms with Crippen LogP contribution in [0, 0.1) is 0 Å². The zero-order chi connectivity index (χ0) is 15.2. The number of amides is 2. The van der Waals surface area contributed by atoms with Crippen molar-refractivity contribution in [3.05, 3.63) is 29.3 Å². The third-order valence-corrected chi connectivity index (χ3v) is 3.72. The molecule has 2 N–H and O–H groups in total. The molecule has 0 radical (unpaired) electrons. The molecule has 0 bridgehead atoms. The van der Waals surface area contributed by atoms with Gasteiger partial charge in [-0.3, -0.25) is 9.59 Å². The Morgan fingerprint density at radius 1 is 1.36 bits per heavy atom. The summed E-state index contributed by atoms with van der Waals surface area (Å²) in [5.74, 6) is -0.194. The number of carbonyl (C=O) groups is 2. The number of nitrogens with zero attached hydrogens (tertiary/aromatic N) is 1. The molecule has 1 aliphatic rings. The lowest BCUT2D eigenvalue weighted by Crippen LogP contribution is -2.40. The average molecular weight is 326 g/mol. The Hall–Kier alpha value is -1.75. The summed E-state index contributed by atoms with van der Waals surface area (Å²) in [7, 11) is 1.59. The highest BCUT2D eigenvalue weighted by atomic mass is 35.5. The quantitative estimate of drug-likeness (QED) is 0.871. The summed E-state index contributed by atoms with van der Waals surface area (Å²) in [5, 5.41) is 5.91. The molecule has 122 valence electrons. The molecule has 0 aromatic heterocycles. The van der Waals surface area contributed by atoms with E-state index in [0.717, 1.165) is 42.6 Å². The molecule has 1 heterocycles. The van der Waals surface area contributed by atoms with E-state index in [1.165, 1.54) is 0 Å². The molecule has 0 saturated heterocycles. The van der Waals surface area contributed by atoms with E-state index >= 15 is 0 Å². The normalized spacial score (nSPS) is 12.5. The second-order valence-electron chi connectivity index (χ2n) is 5.26. The van der Waals surface area contributed by atoms with Crippen molar-refractivity contribution in [2.75, 3.05) is 32.0 Å². The third kappa shape index (κ3) is 4.13. The van der Waals surface area contributed by atoms with Crippen LogP contribution in [0.1, 0.15) is 35.7 Å². The van der Waals surface area contributed by atoms with E-state index in [0.29, 0.717) is 6.54 Å². The van der Waals surface area contributed by atoms with Crippen LogP contribution in [0.3, 0.4) is 0 Å². The van der Waals surface area contributed by atoms with Gasteiger partial charge in [-0.05, 0) is 37.0 Å². The van der Waals surface area contributed by atoms with Crippen LogP contribution in [0.4, 0.5) is 5.69 Å². The fourth-order valence-corrected chi connectivity index (χ4v) is 2.66. The lowest BCUT2D eigenvalue weighted by molar-refractivity contribution is -0.121. The second kappa shape index (κ2) is 8.63.